The summed E-state index contributed by atoms with van der Waals surface area (Å²) in [6, 6.07) is 10.8. The standard InChI is InChI=1S/C58H62F12N4O10S/c1-31(75)27-73(28-32(2)76)47(79)13-11-41-43(37-7-5-9-39(23-37)71-19-15-35(16-20-71)53(81)82)25-45(51(57(65,66)67)49(41)55(59,60)61)85-46-26-44(38-8-6-10-40(24-38)72-21-17-36(18-22-72)54(83)84)42(50(56(62,63)64)52(46)58(68,69)70)12-14-48(80)74(29-33(3)77)30-34(4)78/h5-14,23-26,31-36,75-78H,15-22,27-30H2,1-4H3,(H,81,82)(H,83,84)/b13-11+,14-12+. The molecule has 2 aliphatic heterocycles. The van der Waals surface area contributed by atoms with Crippen LogP contribution in [0.3, 0.4) is 0 Å². The third-order valence-electron chi connectivity index (χ3n) is 14.1. The highest BCUT2D eigenvalue weighted by Gasteiger charge is 2.51. The van der Waals surface area contributed by atoms with E-state index in [1.807, 2.05) is 0 Å². The van der Waals surface area contributed by atoms with Gasteiger partial charge in [-0.15, -0.1) is 0 Å². The third kappa shape index (κ3) is 17.2. The van der Waals surface area contributed by atoms with E-state index in [-0.39, 0.29) is 74.4 Å². The van der Waals surface area contributed by atoms with E-state index in [1.54, 1.807) is 9.80 Å². The van der Waals surface area contributed by atoms with Gasteiger partial charge in [-0.2, -0.15) is 52.7 Å². The molecule has 2 heterocycles. The van der Waals surface area contributed by atoms with Crippen molar-refractivity contribution in [3.63, 3.8) is 0 Å². The van der Waals surface area contributed by atoms with E-state index in [0.717, 1.165) is 21.9 Å². The molecular formula is C58H62F12N4O10S. The van der Waals surface area contributed by atoms with Gasteiger partial charge in [-0.25, -0.2) is 0 Å². The zero-order valence-electron chi connectivity index (χ0n) is 46.1. The predicted molar refractivity (Wildman–Crippen MR) is 291 cm³/mol. The van der Waals surface area contributed by atoms with Crippen LogP contribution in [-0.4, -0.2) is 141 Å². The van der Waals surface area contributed by atoms with Gasteiger partial charge in [0, 0.05) is 85.7 Å². The Bertz CT molecular complexity index is 2900. The first kappa shape index (κ1) is 67.3. The van der Waals surface area contributed by atoms with E-state index in [0.29, 0.717) is 36.4 Å². The number of benzene rings is 4. The van der Waals surface area contributed by atoms with Gasteiger partial charge in [0.1, 0.15) is 0 Å². The van der Waals surface area contributed by atoms with E-state index >= 15 is 52.7 Å². The summed E-state index contributed by atoms with van der Waals surface area (Å²) in [4.78, 5) is 52.3. The van der Waals surface area contributed by atoms with Crippen molar-refractivity contribution in [2.45, 2.75) is 112 Å². The average Bonchev–Trinajstić information content (AvgIpc) is 0.904. The molecule has 0 bridgehead atoms. The number of hydrogen-bond donors (Lipinski definition) is 6. The maximum atomic E-state index is 16.0. The molecule has 0 spiro atoms. The number of nitrogens with zero attached hydrogens (tertiary/aromatic N) is 4. The highest BCUT2D eigenvalue weighted by molar-refractivity contribution is 7.99. The second kappa shape index (κ2) is 27.3. The number of aliphatic hydroxyl groups excluding tert-OH is 4. The van der Waals surface area contributed by atoms with Crippen LogP contribution < -0.4 is 9.80 Å². The van der Waals surface area contributed by atoms with Crippen molar-refractivity contribution in [2.75, 3.05) is 62.2 Å². The van der Waals surface area contributed by atoms with Crippen molar-refractivity contribution in [3.8, 4) is 22.3 Å². The Balaban J connectivity index is 1.74. The predicted octanol–water partition coefficient (Wildman–Crippen LogP) is 11.1. The zero-order chi connectivity index (χ0) is 63.3. The number of amides is 2. The topological polar surface area (TPSA) is 203 Å². The number of aliphatic carboxylic acids is 2. The minimum Gasteiger partial charge on any atom is -0.481 e. The second-order valence-electron chi connectivity index (χ2n) is 21.1. The summed E-state index contributed by atoms with van der Waals surface area (Å²) in [5.41, 5.74) is -15.4. The number of rotatable bonds is 20. The minimum atomic E-state index is -6.21. The van der Waals surface area contributed by atoms with E-state index in [1.165, 1.54) is 64.1 Å². The Morgan fingerprint density at radius 3 is 1.06 bits per heavy atom. The second-order valence-corrected chi connectivity index (χ2v) is 22.2. The van der Waals surface area contributed by atoms with Crippen molar-refractivity contribution in [3.05, 3.63) is 106 Å². The van der Waals surface area contributed by atoms with E-state index < -0.39 is 177 Å². The maximum Gasteiger partial charge on any atom is 0.418 e. The molecule has 2 saturated heterocycles. The Morgan fingerprint density at radius 1 is 0.506 bits per heavy atom. The molecule has 0 aromatic heterocycles. The first-order chi connectivity index (χ1) is 39.5. The van der Waals surface area contributed by atoms with Crippen molar-refractivity contribution < 1.29 is 103 Å². The summed E-state index contributed by atoms with van der Waals surface area (Å²) in [5, 5.41) is 59.7. The Morgan fingerprint density at radius 2 is 0.800 bits per heavy atom. The number of carboxylic acids is 2. The first-order valence-corrected chi connectivity index (χ1v) is 27.5. The fraction of sp³-hybridized carbons (Fsp3) is 0.448. The lowest BCUT2D eigenvalue weighted by atomic mass is 9.89. The molecule has 0 aliphatic carbocycles. The number of hydrogen-bond acceptors (Lipinski definition) is 11. The molecule has 4 aromatic carbocycles. The quantitative estimate of drug-likeness (QED) is 0.0361. The van der Waals surface area contributed by atoms with Crippen LogP contribution in [0.1, 0.15) is 86.8 Å². The van der Waals surface area contributed by atoms with Gasteiger partial charge in [0.2, 0.25) is 11.8 Å². The van der Waals surface area contributed by atoms with Gasteiger partial charge in [-0.1, -0.05) is 36.0 Å². The van der Waals surface area contributed by atoms with E-state index in [9.17, 15) is 49.8 Å². The number of halogens is 12. The van der Waals surface area contributed by atoms with Gasteiger partial charge in [0.15, 0.2) is 0 Å². The number of carbonyl (C=O) groups excluding carboxylic acids is 2. The number of carbonyl (C=O) groups is 4. The molecule has 6 N–H and O–H groups in total. The Kier molecular flexibility index (Phi) is 21.6. The van der Waals surface area contributed by atoms with Crippen LogP contribution in [0.5, 0.6) is 0 Å². The van der Waals surface area contributed by atoms with Gasteiger partial charge < -0.3 is 50.2 Å². The average molecular weight is 1240 g/mol. The van der Waals surface area contributed by atoms with Gasteiger partial charge >= 0.3 is 36.6 Å². The number of alkyl halides is 12. The SMILES string of the molecule is CC(O)CN(CC(C)O)C(=O)/C=C/c1c(-c2cccc(N3CCC(C(=O)O)CC3)c2)cc(Sc2cc(-c3cccc(N4CCC(C(=O)O)CC4)c3)c(/C=C/C(=O)N(CC(C)O)CC(C)O)c(C(F)(F)F)c2C(F)(F)F)c(C(F)(F)F)c1C(F)(F)F. The molecule has 2 fully saturated rings. The molecule has 2 aliphatic rings. The number of anilines is 2. The Hall–Kier alpha value is -6.81. The van der Waals surface area contributed by atoms with Crippen LogP contribution in [0.25, 0.3) is 34.4 Å². The molecule has 4 unspecified atom stereocenters. The number of piperidine rings is 2. The van der Waals surface area contributed by atoms with Crippen LogP contribution >= 0.6 is 11.8 Å². The van der Waals surface area contributed by atoms with E-state index in [2.05, 4.69) is 0 Å². The normalized spacial score (nSPS) is 16.7. The van der Waals surface area contributed by atoms with Gasteiger partial charge in [0.05, 0.1) is 58.5 Å². The van der Waals surface area contributed by atoms with Crippen LogP contribution in [0, 0.1) is 11.8 Å². The lowest BCUT2D eigenvalue weighted by Gasteiger charge is -2.32. The van der Waals surface area contributed by atoms with Crippen molar-refractivity contribution in [2.24, 2.45) is 11.8 Å². The summed E-state index contributed by atoms with van der Waals surface area (Å²) in [7, 11) is 0. The highest BCUT2D eigenvalue weighted by Crippen LogP contribution is 2.55. The maximum absolute atomic E-state index is 16.0. The molecule has 2 amide bonds. The molecule has 4 atom stereocenters. The van der Waals surface area contributed by atoms with Crippen molar-refractivity contribution in [1.29, 1.82) is 0 Å². The van der Waals surface area contributed by atoms with Gasteiger partial charge in [-0.05, 0) is 135 Å². The molecule has 464 valence electrons. The minimum absolute atomic E-state index is 0.0591. The molecule has 85 heavy (non-hydrogen) atoms. The van der Waals surface area contributed by atoms with Crippen molar-refractivity contribution >= 4 is 59.0 Å². The fourth-order valence-corrected chi connectivity index (χ4v) is 11.6. The summed E-state index contributed by atoms with van der Waals surface area (Å²) in [6.45, 7) is 2.95. The number of carboxylic acid groups (broad SMARTS) is 2. The van der Waals surface area contributed by atoms with Gasteiger partial charge in [0.25, 0.3) is 0 Å². The molecule has 6 rings (SSSR count). The molecule has 4 aromatic rings. The fourth-order valence-electron chi connectivity index (χ4n) is 10.4. The van der Waals surface area contributed by atoms with Crippen molar-refractivity contribution in [1.82, 2.24) is 9.80 Å². The third-order valence-corrected chi connectivity index (χ3v) is 15.2. The van der Waals surface area contributed by atoms with Crippen LogP contribution in [0.2, 0.25) is 0 Å². The molecule has 27 heteroatoms. The smallest absolute Gasteiger partial charge is 0.418 e. The summed E-state index contributed by atoms with van der Waals surface area (Å²) in [5.74, 6) is -6.24. The highest BCUT2D eigenvalue weighted by atomic mass is 32.2. The molecule has 0 radical (unpaired) electrons. The van der Waals surface area contributed by atoms with Crippen LogP contribution in [0.15, 0.2) is 82.6 Å². The summed E-state index contributed by atoms with van der Waals surface area (Å²) in [6.07, 6.45) is -28.0. The Labute approximate surface area is 484 Å². The lowest BCUT2D eigenvalue weighted by Crippen LogP contribution is -2.39. The largest absolute Gasteiger partial charge is 0.481 e. The monoisotopic (exact) mass is 1230 g/mol. The van der Waals surface area contributed by atoms with Crippen LogP contribution in [-0.2, 0) is 43.9 Å². The number of aliphatic hydroxyl groups is 4. The molecule has 14 nitrogen and oxygen atoms in total. The molecule has 0 saturated carbocycles. The first-order valence-electron chi connectivity index (χ1n) is 26.7. The van der Waals surface area contributed by atoms with Crippen LogP contribution in [0.4, 0.5) is 64.1 Å². The molecular weight excluding hydrogens is 1170 g/mol. The van der Waals surface area contributed by atoms with E-state index in [4.69, 9.17) is 0 Å². The lowest BCUT2D eigenvalue weighted by molar-refractivity contribution is -0.164. The van der Waals surface area contributed by atoms with Gasteiger partial charge in [-0.3, -0.25) is 19.2 Å². The zero-order valence-corrected chi connectivity index (χ0v) is 46.9. The summed E-state index contributed by atoms with van der Waals surface area (Å²) >= 11 is -0.735. The summed E-state index contributed by atoms with van der Waals surface area (Å²) < 4.78 is 192.